The van der Waals surface area contributed by atoms with E-state index < -0.39 is 0 Å². The minimum atomic E-state index is -0.198. The van der Waals surface area contributed by atoms with Crippen molar-refractivity contribution in [1.29, 1.82) is 0 Å². The van der Waals surface area contributed by atoms with E-state index >= 15 is 0 Å². The highest BCUT2D eigenvalue weighted by molar-refractivity contribution is 5.97. The van der Waals surface area contributed by atoms with E-state index in [2.05, 4.69) is 5.32 Å². The molecule has 1 fully saturated rings. The summed E-state index contributed by atoms with van der Waals surface area (Å²) in [7, 11) is 0. The van der Waals surface area contributed by atoms with Gasteiger partial charge in [-0.05, 0) is 24.3 Å². The van der Waals surface area contributed by atoms with Crippen molar-refractivity contribution in [2.24, 2.45) is 0 Å². The van der Waals surface area contributed by atoms with Crippen LogP contribution in [0, 0.1) is 0 Å². The van der Waals surface area contributed by atoms with Gasteiger partial charge in [0.05, 0.1) is 0 Å². The molecular formula is C14H15N3O3. The number of hydrogen-bond donors (Lipinski definition) is 2. The maximum Gasteiger partial charge on any atom is 0.289 e. The van der Waals surface area contributed by atoms with Crippen molar-refractivity contribution in [2.45, 2.75) is 6.42 Å². The number of carbonyl (C=O) groups excluding carboxylic acids is 2. The molecule has 104 valence electrons. The van der Waals surface area contributed by atoms with E-state index in [4.69, 9.17) is 10.2 Å². The lowest BCUT2D eigenvalue weighted by Crippen LogP contribution is -2.33. The Balaban J connectivity index is 1.86. The Morgan fingerprint density at radius 2 is 2.15 bits per heavy atom. The van der Waals surface area contributed by atoms with Crippen LogP contribution in [0.2, 0.25) is 0 Å². The van der Waals surface area contributed by atoms with Gasteiger partial charge in [-0.3, -0.25) is 9.59 Å². The van der Waals surface area contributed by atoms with Gasteiger partial charge < -0.3 is 20.4 Å². The van der Waals surface area contributed by atoms with Crippen LogP contribution in [0.25, 0.3) is 11.0 Å². The lowest BCUT2D eigenvalue weighted by molar-refractivity contribution is -0.120. The Bertz CT molecular complexity index is 677. The standard InChI is InChI=1S/C14H15N3O3/c15-10-1-2-11-9(7-10)8-12(20-11)14(19)17-5-3-13(18)16-4-6-17/h1-2,7-8H,3-6,15H2,(H,16,18). The first-order valence-electron chi connectivity index (χ1n) is 6.48. The smallest absolute Gasteiger partial charge is 0.289 e. The number of hydrogen-bond acceptors (Lipinski definition) is 4. The molecule has 0 bridgehead atoms. The third-order valence-corrected chi connectivity index (χ3v) is 3.35. The number of anilines is 1. The molecule has 0 saturated carbocycles. The maximum atomic E-state index is 12.4. The van der Waals surface area contributed by atoms with Gasteiger partial charge in [0.1, 0.15) is 5.58 Å². The van der Waals surface area contributed by atoms with E-state index in [1.807, 2.05) is 0 Å². The SMILES string of the molecule is Nc1ccc2oc(C(=O)N3CCNC(=O)CC3)cc2c1. The van der Waals surface area contributed by atoms with Crippen molar-refractivity contribution in [3.05, 3.63) is 30.0 Å². The number of nitrogen functional groups attached to an aromatic ring is 1. The Labute approximate surface area is 115 Å². The highest BCUT2D eigenvalue weighted by Crippen LogP contribution is 2.22. The predicted molar refractivity (Wildman–Crippen MR) is 74.2 cm³/mol. The lowest BCUT2D eigenvalue weighted by Gasteiger charge is -2.17. The van der Waals surface area contributed by atoms with Crippen LogP contribution in [-0.4, -0.2) is 36.3 Å². The average Bonchev–Trinajstić information content (AvgIpc) is 2.72. The van der Waals surface area contributed by atoms with E-state index in [9.17, 15) is 9.59 Å². The van der Waals surface area contributed by atoms with Crippen molar-refractivity contribution in [2.75, 3.05) is 25.4 Å². The molecule has 1 aliphatic rings. The van der Waals surface area contributed by atoms with E-state index in [0.29, 0.717) is 37.3 Å². The van der Waals surface area contributed by atoms with E-state index in [-0.39, 0.29) is 17.6 Å². The minimum Gasteiger partial charge on any atom is -0.451 e. The summed E-state index contributed by atoms with van der Waals surface area (Å²) in [5.41, 5.74) is 6.96. The fraction of sp³-hybridized carbons (Fsp3) is 0.286. The Hall–Kier alpha value is -2.50. The molecule has 0 spiro atoms. The number of carbonyl (C=O) groups is 2. The van der Waals surface area contributed by atoms with E-state index in [1.165, 1.54) is 0 Å². The van der Waals surface area contributed by atoms with Gasteiger partial charge in [0.25, 0.3) is 5.91 Å². The molecule has 0 unspecified atom stereocenters. The van der Waals surface area contributed by atoms with Crippen molar-refractivity contribution in [3.63, 3.8) is 0 Å². The van der Waals surface area contributed by atoms with Crippen molar-refractivity contribution < 1.29 is 14.0 Å². The van der Waals surface area contributed by atoms with Crippen molar-refractivity contribution in [1.82, 2.24) is 10.2 Å². The highest BCUT2D eigenvalue weighted by Gasteiger charge is 2.22. The summed E-state index contributed by atoms with van der Waals surface area (Å²) in [5.74, 6) is 0.0499. The van der Waals surface area contributed by atoms with Crippen LogP contribution in [-0.2, 0) is 4.79 Å². The highest BCUT2D eigenvalue weighted by atomic mass is 16.3. The summed E-state index contributed by atoms with van der Waals surface area (Å²) >= 11 is 0. The molecule has 0 radical (unpaired) electrons. The molecule has 2 aromatic rings. The van der Waals surface area contributed by atoms with Gasteiger partial charge in [0.2, 0.25) is 5.91 Å². The molecule has 1 aromatic carbocycles. The van der Waals surface area contributed by atoms with Gasteiger partial charge in [-0.25, -0.2) is 0 Å². The number of nitrogens with two attached hydrogens (primary N) is 1. The first-order valence-corrected chi connectivity index (χ1v) is 6.48. The molecule has 3 N–H and O–H groups in total. The first kappa shape index (κ1) is 12.5. The minimum absolute atomic E-state index is 0.0299. The fourth-order valence-electron chi connectivity index (χ4n) is 2.29. The third kappa shape index (κ3) is 2.32. The normalized spacial score (nSPS) is 16.0. The second-order valence-electron chi connectivity index (χ2n) is 4.80. The number of amides is 2. The molecule has 1 aromatic heterocycles. The van der Waals surface area contributed by atoms with Gasteiger partial charge >= 0.3 is 0 Å². The van der Waals surface area contributed by atoms with Crippen LogP contribution in [0.1, 0.15) is 17.0 Å². The van der Waals surface area contributed by atoms with Gasteiger partial charge in [-0.15, -0.1) is 0 Å². The van der Waals surface area contributed by atoms with Gasteiger partial charge in [-0.2, -0.15) is 0 Å². The van der Waals surface area contributed by atoms with Gasteiger partial charge in [0, 0.05) is 37.1 Å². The van der Waals surface area contributed by atoms with Crippen LogP contribution in [0.5, 0.6) is 0 Å². The lowest BCUT2D eigenvalue weighted by atomic mass is 10.2. The van der Waals surface area contributed by atoms with Crippen LogP contribution < -0.4 is 11.1 Å². The number of fused-ring (bicyclic) bond motifs is 1. The quantitative estimate of drug-likeness (QED) is 0.758. The zero-order valence-corrected chi connectivity index (χ0v) is 10.9. The molecule has 0 atom stereocenters. The molecule has 6 heteroatoms. The summed E-state index contributed by atoms with van der Waals surface area (Å²) in [6.45, 7) is 1.37. The average molecular weight is 273 g/mol. The zero-order chi connectivity index (χ0) is 14.1. The molecule has 2 amide bonds. The van der Waals surface area contributed by atoms with Crippen LogP contribution in [0.4, 0.5) is 5.69 Å². The molecule has 6 nitrogen and oxygen atoms in total. The van der Waals surface area contributed by atoms with Crippen LogP contribution >= 0.6 is 0 Å². The Kier molecular flexibility index (Phi) is 3.06. The number of furan rings is 1. The second-order valence-corrected chi connectivity index (χ2v) is 4.80. The third-order valence-electron chi connectivity index (χ3n) is 3.35. The zero-order valence-electron chi connectivity index (χ0n) is 10.9. The van der Waals surface area contributed by atoms with E-state index in [1.54, 1.807) is 29.2 Å². The van der Waals surface area contributed by atoms with Gasteiger partial charge in [0.15, 0.2) is 5.76 Å². The topological polar surface area (TPSA) is 88.6 Å². The number of nitrogens with zero attached hydrogens (tertiary/aromatic N) is 1. The summed E-state index contributed by atoms with van der Waals surface area (Å²) < 4.78 is 5.55. The summed E-state index contributed by atoms with van der Waals surface area (Å²) in [6.07, 6.45) is 0.318. The largest absolute Gasteiger partial charge is 0.451 e. The molecule has 20 heavy (non-hydrogen) atoms. The summed E-state index contributed by atoms with van der Waals surface area (Å²) in [4.78, 5) is 25.3. The fourth-order valence-corrected chi connectivity index (χ4v) is 2.29. The number of benzene rings is 1. The monoisotopic (exact) mass is 273 g/mol. The maximum absolute atomic E-state index is 12.4. The molecule has 0 aliphatic carbocycles. The molecule has 1 aliphatic heterocycles. The Morgan fingerprint density at radius 1 is 1.30 bits per heavy atom. The molecular weight excluding hydrogens is 258 g/mol. The predicted octanol–water partition coefficient (Wildman–Crippen LogP) is 0.977. The first-order chi connectivity index (χ1) is 9.63. The second kappa shape index (κ2) is 4.88. The van der Waals surface area contributed by atoms with Crippen LogP contribution in [0.15, 0.2) is 28.7 Å². The molecule has 2 heterocycles. The van der Waals surface area contributed by atoms with Crippen LogP contribution in [0.3, 0.4) is 0 Å². The molecule has 3 rings (SSSR count). The molecule has 1 saturated heterocycles. The number of nitrogens with one attached hydrogen (secondary N) is 1. The Morgan fingerprint density at radius 3 is 3.00 bits per heavy atom. The summed E-state index contributed by atoms with van der Waals surface area (Å²) in [6, 6.07) is 6.93. The summed E-state index contributed by atoms with van der Waals surface area (Å²) in [5, 5.41) is 3.54. The number of rotatable bonds is 1. The van der Waals surface area contributed by atoms with E-state index in [0.717, 1.165) is 5.39 Å². The van der Waals surface area contributed by atoms with Gasteiger partial charge in [-0.1, -0.05) is 0 Å². The van der Waals surface area contributed by atoms with Crippen molar-refractivity contribution >= 4 is 28.5 Å². The van der Waals surface area contributed by atoms with Crippen molar-refractivity contribution in [3.8, 4) is 0 Å².